The molecule has 104 valence electrons. The molecule has 0 aromatic heterocycles. The van der Waals surface area contributed by atoms with Gasteiger partial charge in [0, 0.05) is 26.9 Å². The van der Waals surface area contributed by atoms with Crippen LogP contribution < -0.4 is 11.1 Å². The summed E-state index contributed by atoms with van der Waals surface area (Å²) in [6.45, 7) is 0.363. The minimum absolute atomic E-state index is 0.110. The van der Waals surface area contributed by atoms with Crippen molar-refractivity contribution < 1.29 is 9.60 Å². The van der Waals surface area contributed by atoms with E-state index in [0.717, 1.165) is 9.26 Å². The lowest BCUT2D eigenvalue weighted by Crippen LogP contribution is -2.14. The Morgan fingerprint density at radius 2 is 2.10 bits per heavy atom. The molecule has 2 aromatic rings. The molecule has 0 fully saturated rings. The SMILES string of the molecule is NC(=NO)c1ccc(CNc2cccc(I)c2)c(F)c1. The molecule has 0 heterocycles. The van der Waals surface area contributed by atoms with Crippen LogP contribution in [0.2, 0.25) is 0 Å². The highest BCUT2D eigenvalue weighted by Gasteiger charge is 2.06. The Morgan fingerprint density at radius 3 is 2.75 bits per heavy atom. The summed E-state index contributed by atoms with van der Waals surface area (Å²) in [4.78, 5) is 0. The summed E-state index contributed by atoms with van der Waals surface area (Å²) in [6.07, 6.45) is 0. The van der Waals surface area contributed by atoms with E-state index in [4.69, 9.17) is 10.9 Å². The molecule has 2 rings (SSSR count). The lowest BCUT2D eigenvalue weighted by molar-refractivity contribution is 0.318. The molecule has 0 saturated heterocycles. The minimum atomic E-state index is -0.396. The Hall–Kier alpha value is -1.83. The largest absolute Gasteiger partial charge is 0.409 e. The fraction of sp³-hybridized carbons (Fsp3) is 0.0714. The van der Waals surface area contributed by atoms with Crippen LogP contribution in [0.15, 0.2) is 47.6 Å². The molecule has 0 aliphatic rings. The molecule has 4 nitrogen and oxygen atoms in total. The topological polar surface area (TPSA) is 70.6 Å². The molecule has 6 heteroatoms. The molecule has 0 unspecified atom stereocenters. The van der Waals surface area contributed by atoms with E-state index >= 15 is 0 Å². The highest BCUT2D eigenvalue weighted by molar-refractivity contribution is 14.1. The van der Waals surface area contributed by atoms with Gasteiger partial charge >= 0.3 is 0 Å². The quantitative estimate of drug-likeness (QED) is 0.249. The van der Waals surface area contributed by atoms with Crippen molar-refractivity contribution in [2.75, 3.05) is 5.32 Å². The zero-order valence-corrected chi connectivity index (χ0v) is 12.6. The first kappa shape index (κ1) is 14.6. The summed E-state index contributed by atoms with van der Waals surface area (Å²) in [7, 11) is 0. The second-order valence-electron chi connectivity index (χ2n) is 4.16. The van der Waals surface area contributed by atoms with Crippen LogP contribution in [0.5, 0.6) is 0 Å². The second kappa shape index (κ2) is 6.56. The zero-order valence-electron chi connectivity index (χ0n) is 10.5. The van der Waals surface area contributed by atoms with Gasteiger partial charge in [0.15, 0.2) is 5.84 Å². The van der Waals surface area contributed by atoms with Crippen molar-refractivity contribution >= 4 is 34.1 Å². The van der Waals surface area contributed by atoms with Gasteiger partial charge in [-0.05, 0) is 46.9 Å². The van der Waals surface area contributed by atoms with Crippen molar-refractivity contribution in [2.24, 2.45) is 10.9 Å². The molecular weight excluding hydrogens is 372 g/mol. The van der Waals surface area contributed by atoms with Crippen LogP contribution in [-0.4, -0.2) is 11.0 Å². The number of oxime groups is 1. The van der Waals surface area contributed by atoms with Gasteiger partial charge in [-0.25, -0.2) is 4.39 Å². The third kappa shape index (κ3) is 3.60. The minimum Gasteiger partial charge on any atom is -0.409 e. The van der Waals surface area contributed by atoms with Gasteiger partial charge in [-0.1, -0.05) is 23.4 Å². The molecule has 2 aromatic carbocycles. The van der Waals surface area contributed by atoms with Crippen molar-refractivity contribution in [1.82, 2.24) is 0 Å². The molecule has 0 aliphatic carbocycles. The Balaban J connectivity index is 2.11. The molecular formula is C14H13FIN3O. The number of nitrogens with one attached hydrogen (secondary N) is 1. The summed E-state index contributed by atoms with van der Waals surface area (Å²) in [5, 5.41) is 14.5. The maximum atomic E-state index is 13.9. The van der Waals surface area contributed by atoms with E-state index < -0.39 is 5.82 Å². The lowest BCUT2D eigenvalue weighted by Gasteiger charge is -2.09. The number of hydrogen-bond donors (Lipinski definition) is 3. The van der Waals surface area contributed by atoms with Crippen molar-refractivity contribution in [3.63, 3.8) is 0 Å². The smallest absolute Gasteiger partial charge is 0.170 e. The van der Waals surface area contributed by atoms with Crippen molar-refractivity contribution in [3.8, 4) is 0 Å². The van der Waals surface area contributed by atoms with E-state index in [1.807, 2.05) is 24.3 Å². The van der Waals surface area contributed by atoms with Crippen LogP contribution in [0.3, 0.4) is 0 Å². The molecule has 0 atom stereocenters. The van der Waals surface area contributed by atoms with Gasteiger partial charge in [0.2, 0.25) is 0 Å². The van der Waals surface area contributed by atoms with E-state index in [9.17, 15) is 4.39 Å². The van der Waals surface area contributed by atoms with Gasteiger partial charge in [0.25, 0.3) is 0 Å². The van der Waals surface area contributed by atoms with Gasteiger partial charge in [0.1, 0.15) is 5.82 Å². The number of nitrogens with zero attached hydrogens (tertiary/aromatic N) is 1. The van der Waals surface area contributed by atoms with Crippen LogP contribution in [0.4, 0.5) is 10.1 Å². The van der Waals surface area contributed by atoms with Gasteiger partial charge in [0.05, 0.1) is 0 Å². The van der Waals surface area contributed by atoms with E-state index in [1.54, 1.807) is 12.1 Å². The fourth-order valence-corrected chi connectivity index (χ4v) is 2.25. The number of anilines is 1. The number of amidine groups is 1. The summed E-state index contributed by atoms with van der Waals surface area (Å²) in [5.74, 6) is -0.506. The first-order valence-electron chi connectivity index (χ1n) is 5.86. The molecule has 0 bridgehead atoms. The first-order chi connectivity index (χ1) is 9.60. The monoisotopic (exact) mass is 385 g/mol. The highest BCUT2D eigenvalue weighted by atomic mass is 127. The number of benzene rings is 2. The van der Waals surface area contributed by atoms with Gasteiger partial charge < -0.3 is 16.3 Å². The van der Waals surface area contributed by atoms with Gasteiger partial charge in [-0.2, -0.15) is 0 Å². The summed E-state index contributed by atoms with van der Waals surface area (Å²) in [6, 6.07) is 12.3. The third-order valence-corrected chi connectivity index (χ3v) is 3.44. The van der Waals surface area contributed by atoms with Crippen LogP contribution in [0.1, 0.15) is 11.1 Å². The summed E-state index contributed by atoms with van der Waals surface area (Å²) in [5.41, 5.74) is 7.20. The Labute approximate surface area is 129 Å². The maximum absolute atomic E-state index is 13.9. The fourth-order valence-electron chi connectivity index (χ4n) is 1.70. The number of hydrogen-bond acceptors (Lipinski definition) is 3. The molecule has 0 saturated carbocycles. The Morgan fingerprint density at radius 1 is 1.30 bits per heavy atom. The predicted octanol–water partition coefficient (Wildman–Crippen LogP) is 3.14. The average Bonchev–Trinajstić information content (AvgIpc) is 2.45. The van der Waals surface area contributed by atoms with E-state index in [1.165, 1.54) is 6.07 Å². The van der Waals surface area contributed by atoms with E-state index in [-0.39, 0.29) is 5.84 Å². The number of rotatable bonds is 4. The van der Waals surface area contributed by atoms with Crippen molar-refractivity contribution in [3.05, 3.63) is 63.0 Å². The molecule has 4 N–H and O–H groups in total. The number of nitrogens with two attached hydrogens (primary N) is 1. The van der Waals surface area contributed by atoms with Gasteiger partial charge in [-0.15, -0.1) is 0 Å². The molecule has 0 radical (unpaired) electrons. The standard InChI is InChI=1S/C14H13FIN3O/c15-13-6-9(14(17)19-20)4-5-10(13)8-18-12-3-1-2-11(16)7-12/h1-7,18,20H,8H2,(H2,17,19). The Bertz CT molecular complexity index is 646. The average molecular weight is 385 g/mol. The normalized spacial score (nSPS) is 11.4. The molecule has 20 heavy (non-hydrogen) atoms. The summed E-state index contributed by atoms with van der Waals surface area (Å²) >= 11 is 2.22. The van der Waals surface area contributed by atoms with Crippen LogP contribution in [0.25, 0.3) is 0 Å². The third-order valence-electron chi connectivity index (χ3n) is 2.76. The number of halogens is 2. The van der Waals surface area contributed by atoms with Gasteiger partial charge in [-0.3, -0.25) is 0 Å². The van der Waals surface area contributed by atoms with Crippen LogP contribution >= 0.6 is 22.6 Å². The van der Waals surface area contributed by atoms with Crippen molar-refractivity contribution in [1.29, 1.82) is 0 Å². The van der Waals surface area contributed by atoms with E-state index in [2.05, 4.69) is 33.1 Å². The van der Waals surface area contributed by atoms with E-state index in [0.29, 0.717) is 17.7 Å². The first-order valence-corrected chi connectivity index (χ1v) is 6.94. The maximum Gasteiger partial charge on any atom is 0.170 e. The molecule has 0 aliphatic heterocycles. The highest BCUT2D eigenvalue weighted by Crippen LogP contribution is 2.16. The van der Waals surface area contributed by atoms with Crippen molar-refractivity contribution in [2.45, 2.75) is 6.54 Å². The lowest BCUT2D eigenvalue weighted by atomic mass is 10.1. The molecule has 0 spiro atoms. The Kier molecular flexibility index (Phi) is 4.78. The molecule has 0 amide bonds. The zero-order chi connectivity index (χ0) is 14.5. The summed E-state index contributed by atoms with van der Waals surface area (Å²) < 4.78 is 15.0. The second-order valence-corrected chi connectivity index (χ2v) is 5.40. The van der Waals surface area contributed by atoms with Crippen LogP contribution in [0, 0.1) is 9.39 Å². The van der Waals surface area contributed by atoms with Crippen LogP contribution in [-0.2, 0) is 6.54 Å². The predicted molar refractivity (Wildman–Crippen MR) is 85.4 cm³/mol.